The van der Waals surface area contributed by atoms with Gasteiger partial charge in [-0.15, -0.1) is 0 Å². The summed E-state index contributed by atoms with van der Waals surface area (Å²) in [4.78, 5) is 16.8. The van der Waals surface area contributed by atoms with Gasteiger partial charge in [-0.25, -0.2) is 0 Å². The van der Waals surface area contributed by atoms with Crippen LogP contribution in [0, 0.1) is 11.8 Å². The minimum absolute atomic E-state index is 0.181. The van der Waals surface area contributed by atoms with E-state index in [-0.39, 0.29) is 18.6 Å². The van der Waals surface area contributed by atoms with Crippen molar-refractivity contribution in [2.75, 3.05) is 32.8 Å². The minimum atomic E-state index is 0.181. The van der Waals surface area contributed by atoms with Crippen molar-refractivity contribution in [2.24, 2.45) is 11.8 Å². The molecule has 2 saturated heterocycles. The second-order valence-corrected chi connectivity index (χ2v) is 6.90. The zero-order chi connectivity index (χ0) is 14.5. The van der Waals surface area contributed by atoms with Gasteiger partial charge in [0, 0.05) is 19.1 Å². The molecule has 0 spiro atoms. The first kappa shape index (κ1) is 15.8. The quantitative estimate of drug-likeness (QED) is 0.857. The van der Waals surface area contributed by atoms with Gasteiger partial charge in [0.05, 0.1) is 13.2 Å². The van der Waals surface area contributed by atoms with Gasteiger partial charge in [-0.3, -0.25) is 9.69 Å². The Morgan fingerprint density at radius 2 is 1.85 bits per heavy atom. The fourth-order valence-electron chi connectivity index (χ4n) is 3.79. The number of hydrogen-bond donors (Lipinski definition) is 1. The number of piperidine rings is 1. The molecule has 1 amide bonds. The third-order valence-electron chi connectivity index (χ3n) is 4.77. The molecule has 0 aromatic carbocycles. The number of hydrogen-bond acceptors (Lipinski definition) is 3. The molecule has 4 nitrogen and oxygen atoms in total. The molecule has 0 aromatic rings. The Morgan fingerprint density at radius 1 is 1.15 bits per heavy atom. The summed E-state index contributed by atoms with van der Waals surface area (Å²) in [7, 11) is 0. The molecule has 0 aliphatic carbocycles. The Bertz CT molecular complexity index is 312. The van der Waals surface area contributed by atoms with Crippen LogP contribution in [0.25, 0.3) is 0 Å². The van der Waals surface area contributed by atoms with Gasteiger partial charge in [-0.1, -0.05) is 26.7 Å². The fourth-order valence-corrected chi connectivity index (χ4v) is 3.79. The van der Waals surface area contributed by atoms with Crippen LogP contribution in [0.5, 0.6) is 0 Å². The third-order valence-corrected chi connectivity index (χ3v) is 4.77. The van der Waals surface area contributed by atoms with Gasteiger partial charge in [0.2, 0.25) is 5.91 Å². The van der Waals surface area contributed by atoms with Crippen molar-refractivity contribution in [3.05, 3.63) is 0 Å². The van der Waals surface area contributed by atoms with Gasteiger partial charge < -0.3 is 10.0 Å². The highest BCUT2D eigenvalue weighted by atomic mass is 16.3. The van der Waals surface area contributed by atoms with Crippen LogP contribution >= 0.6 is 0 Å². The predicted octanol–water partition coefficient (Wildman–Crippen LogP) is 1.73. The molecule has 2 fully saturated rings. The van der Waals surface area contributed by atoms with Crippen LogP contribution in [0.3, 0.4) is 0 Å². The van der Waals surface area contributed by atoms with Crippen molar-refractivity contribution < 1.29 is 9.90 Å². The Morgan fingerprint density at radius 3 is 2.50 bits per heavy atom. The van der Waals surface area contributed by atoms with Crippen molar-refractivity contribution in [1.82, 2.24) is 9.80 Å². The average molecular weight is 282 g/mol. The van der Waals surface area contributed by atoms with E-state index in [1.165, 1.54) is 19.3 Å². The Labute approximate surface area is 123 Å². The topological polar surface area (TPSA) is 43.8 Å². The van der Waals surface area contributed by atoms with E-state index in [0.717, 1.165) is 32.5 Å². The SMILES string of the molecule is CC1CC(C)CN(C(=O)CN2CCCCCC2CO)C1. The van der Waals surface area contributed by atoms with E-state index in [0.29, 0.717) is 18.4 Å². The summed E-state index contributed by atoms with van der Waals surface area (Å²) < 4.78 is 0. The molecule has 116 valence electrons. The first-order chi connectivity index (χ1) is 9.60. The van der Waals surface area contributed by atoms with E-state index in [9.17, 15) is 9.90 Å². The maximum Gasteiger partial charge on any atom is 0.236 e. The number of nitrogens with zero attached hydrogens (tertiary/aromatic N) is 2. The van der Waals surface area contributed by atoms with Gasteiger partial charge in [0.1, 0.15) is 0 Å². The highest BCUT2D eigenvalue weighted by molar-refractivity contribution is 5.78. The maximum atomic E-state index is 12.5. The molecule has 20 heavy (non-hydrogen) atoms. The average Bonchev–Trinajstić information content (AvgIpc) is 2.62. The molecular weight excluding hydrogens is 252 g/mol. The summed E-state index contributed by atoms with van der Waals surface area (Å²) in [6.45, 7) is 7.90. The van der Waals surface area contributed by atoms with E-state index in [1.807, 2.05) is 4.90 Å². The predicted molar refractivity (Wildman–Crippen MR) is 80.4 cm³/mol. The normalized spacial score (nSPS) is 33.0. The lowest BCUT2D eigenvalue weighted by atomic mass is 9.92. The Balaban J connectivity index is 1.91. The molecule has 2 heterocycles. The van der Waals surface area contributed by atoms with Gasteiger partial charge in [-0.2, -0.15) is 0 Å². The molecule has 2 rings (SSSR count). The number of amides is 1. The number of carbonyl (C=O) groups excluding carboxylic acids is 1. The van der Waals surface area contributed by atoms with E-state index in [4.69, 9.17) is 0 Å². The first-order valence-electron chi connectivity index (χ1n) is 8.22. The van der Waals surface area contributed by atoms with Gasteiger partial charge in [-0.05, 0) is 37.6 Å². The third kappa shape index (κ3) is 4.19. The van der Waals surface area contributed by atoms with Crippen LogP contribution in [0.4, 0.5) is 0 Å². The second kappa shape index (κ2) is 7.41. The Kier molecular flexibility index (Phi) is 5.85. The zero-order valence-electron chi connectivity index (χ0n) is 13.1. The fraction of sp³-hybridized carbons (Fsp3) is 0.938. The van der Waals surface area contributed by atoms with Crippen LogP contribution in [-0.4, -0.2) is 59.6 Å². The monoisotopic (exact) mass is 282 g/mol. The molecule has 2 aliphatic heterocycles. The van der Waals surface area contributed by atoms with Crippen molar-refractivity contribution in [2.45, 2.75) is 52.0 Å². The van der Waals surface area contributed by atoms with Crippen molar-refractivity contribution in [3.63, 3.8) is 0 Å². The summed E-state index contributed by atoms with van der Waals surface area (Å²) in [5.74, 6) is 1.48. The summed E-state index contributed by atoms with van der Waals surface area (Å²) in [5, 5.41) is 9.53. The lowest BCUT2D eigenvalue weighted by Crippen LogP contribution is -2.49. The summed E-state index contributed by atoms with van der Waals surface area (Å²) in [6.07, 6.45) is 5.80. The smallest absolute Gasteiger partial charge is 0.236 e. The molecule has 0 radical (unpaired) electrons. The van der Waals surface area contributed by atoms with Crippen LogP contribution < -0.4 is 0 Å². The zero-order valence-corrected chi connectivity index (χ0v) is 13.1. The van der Waals surface area contributed by atoms with Gasteiger partial charge >= 0.3 is 0 Å². The Hall–Kier alpha value is -0.610. The number of aliphatic hydroxyl groups is 1. The van der Waals surface area contributed by atoms with Crippen molar-refractivity contribution in [1.29, 1.82) is 0 Å². The maximum absolute atomic E-state index is 12.5. The number of carbonyl (C=O) groups is 1. The van der Waals surface area contributed by atoms with E-state index >= 15 is 0 Å². The molecule has 1 N–H and O–H groups in total. The highest BCUT2D eigenvalue weighted by Gasteiger charge is 2.28. The standard InChI is InChI=1S/C16H30N2O2/c1-13-8-14(2)10-18(9-13)16(20)11-17-7-5-3-4-6-15(17)12-19/h13-15,19H,3-12H2,1-2H3. The largest absolute Gasteiger partial charge is 0.395 e. The molecule has 0 bridgehead atoms. The number of likely N-dealkylation sites (tertiary alicyclic amines) is 2. The molecule has 3 unspecified atom stereocenters. The lowest BCUT2D eigenvalue weighted by Gasteiger charge is -2.37. The minimum Gasteiger partial charge on any atom is -0.395 e. The van der Waals surface area contributed by atoms with E-state index in [2.05, 4.69) is 18.7 Å². The van der Waals surface area contributed by atoms with E-state index in [1.54, 1.807) is 0 Å². The summed E-state index contributed by atoms with van der Waals surface area (Å²) in [6, 6.07) is 0.182. The van der Waals surface area contributed by atoms with Crippen LogP contribution in [0.15, 0.2) is 0 Å². The van der Waals surface area contributed by atoms with Crippen LogP contribution in [0.1, 0.15) is 46.0 Å². The van der Waals surface area contributed by atoms with Gasteiger partial charge in [0.15, 0.2) is 0 Å². The molecule has 0 saturated carbocycles. The molecule has 0 aromatic heterocycles. The number of aliphatic hydroxyl groups excluding tert-OH is 1. The molecular formula is C16H30N2O2. The second-order valence-electron chi connectivity index (χ2n) is 6.90. The van der Waals surface area contributed by atoms with Crippen molar-refractivity contribution >= 4 is 5.91 Å². The van der Waals surface area contributed by atoms with E-state index < -0.39 is 0 Å². The molecule has 2 aliphatic rings. The molecule has 3 atom stereocenters. The number of rotatable bonds is 3. The molecule has 4 heteroatoms. The van der Waals surface area contributed by atoms with Crippen molar-refractivity contribution in [3.8, 4) is 0 Å². The van der Waals surface area contributed by atoms with Crippen LogP contribution in [-0.2, 0) is 4.79 Å². The lowest BCUT2D eigenvalue weighted by molar-refractivity contribution is -0.135. The van der Waals surface area contributed by atoms with Gasteiger partial charge in [0.25, 0.3) is 0 Å². The first-order valence-corrected chi connectivity index (χ1v) is 8.22. The highest BCUT2D eigenvalue weighted by Crippen LogP contribution is 2.22. The summed E-state index contributed by atoms with van der Waals surface area (Å²) in [5.41, 5.74) is 0. The van der Waals surface area contributed by atoms with Crippen LogP contribution in [0.2, 0.25) is 0 Å². The summed E-state index contributed by atoms with van der Waals surface area (Å²) >= 11 is 0.